The summed E-state index contributed by atoms with van der Waals surface area (Å²) in [6.07, 6.45) is 7.95. The Balaban J connectivity index is 1.10. The summed E-state index contributed by atoms with van der Waals surface area (Å²) < 4.78 is 7.45. The zero-order valence-electron chi connectivity index (χ0n) is 18.1. The van der Waals surface area contributed by atoms with Crippen LogP contribution in [0.2, 0.25) is 0 Å². The monoisotopic (exact) mass is 428 g/mol. The van der Waals surface area contributed by atoms with E-state index in [0.717, 1.165) is 73.4 Å². The van der Waals surface area contributed by atoms with Crippen LogP contribution in [0.15, 0.2) is 70.0 Å². The van der Waals surface area contributed by atoms with E-state index in [2.05, 4.69) is 27.2 Å². The van der Waals surface area contributed by atoms with Crippen LogP contribution >= 0.6 is 0 Å². The van der Waals surface area contributed by atoms with E-state index in [0.29, 0.717) is 0 Å². The molecule has 5 rings (SSSR count). The molecule has 4 aromatic rings. The number of aromatic nitrogens is 3. The van der Waals surface area contributed by atoms with Crippen molar-refractivity contribution in [3.8, 4) is 0 Å². The first-order chi connectivity index (χ1) is 15.8. The molecule has 0 aliphatic carbocycles. The molecule has 1 aliphatic heterocycles. The lowest BCUT2D eigenvalue weighted by Crippen LogP contribution is -2.37. The molecule has 0 radical (unpaired) electrons. The number of nitrogens with one attached hydrogen (secondary N) is 1. The summed E-state index contributed by atoms with van der Waals surface area (Å²) in [6.45, 7) is 3.06. The van der Waals surface area contributed by atoms with E-state index in [-0.39, 0.29) is 11.7 Å². The van der Waals surface area contributed by atoms with Gasteiger partial charge in [0.05, 0.1) is 11.0 Å². The summed E-state index contributed by atoms with van der Waals surface area (Å²) in [5.74, 6) is 0.929. The molecule has 0 atom stereocenters. The van der Waals surface area contributed by atoms with Gasteiger partial charge < -0.3 is 14.4 Å². The zero-order valence-corrected chi connectivity index (χ0v) is 18.1. The second-order valence-corrected chi connectivity index (χ2v) is 8.46. The highest BCUT2D eigenvalue weighted by molar-refractivity contribution is 5.75. The predicted molar refractivity (Wildman–Crippen MR) is 127 cm³/mol. The Hall–Kier alpha value is -3.38. The topological polar surface area (TPSA) is 67.1 Å². The molecule has 2 aromatic heterocycles. The molecule has 1 saturated heterocycles. The maximum absolute atomic E-state index is 12.5. The average Bonchev–Trinajstić information content (AvgIpc) is 3.42. The molecule has 32 heavy (non-hydrogen) atoms. The highest BCUT2D eigenvalue weighted by Crippen LogP contribution is 2.25. The summed E-state index contributed by atoms with van der Waals surface area (Å²) in [7, 11) is 0. The van der Waals surface area contributed by atoms with Gasteiger partial charge in [0.1, 0.15) is 11.5 Å². The number of hydrogen-bond acceptors (Lipinski definition) is 4. The number of rotatable bonds is 7. The summed E-state index contributed by atoms with van der Waals surface area (Å²) in [6, 6.07) is 20.4. The Morgan fingerprint density at radius 3 is 2.66 bits per heavy atom. The lowest BCUT2D eigenvalue weighted by molar-refractivity contribution is 0.184. The fourth-order valence-corrected chi connectivity index (χ4v) is 4.59. The van der Waals surface area contributed by atoms with Crippen LogP contribution in [0, 0.1) is 0 Å². The van der Waals surface area contributed by atoms with Gasteiger partial charge in [-0.25, -0.2) is 4.79 Å². The largest absolute Gasteiger partial charge is 0.361 e. The normalized spacial score (nSPS) is 15.8. The first-order valence-corrected chi connectivity index (χ1v) is 11.4. The molecule has 0 saturated carbocycles. The highest BCUT2D eigenvalue weighted by atomic mass is 16.5. The number of aromatic amines is 1. The highest BCUT2D eigenvalue weighted by Gasteiger charge is 2.23. The number of hydrogen-bond donors (Lipinski definition) is 1. The van der Waals surface area contributed by atoms with Crippen LogP contribution < -0.4 is 5.69 Å². The fraction of sp³-hybridized carbons (Fsp3) is 0.308. The van der Waals surface area contributed by atoms with Crippen LogP contribution in [0.25, 0.3) is 23.2 Å². The molecular weight excluding hydrogens is 400 g/mol. The summed E-state index contributed by atoms with van der Waals surface area (Å²) >= 11 is 0. The maximum atomic E-state index is 12.5. The van der Waals surface area contributed by atoms with Gasteiger partial charge in [-0.2, -0.15) is 0 Å². The number of para-hydroxylation sites is 2. The number of piperidine rings is 1. The van der Waals surface area contributed by atoms with Gasteiger partial charge in [-0.3, -0.25) is 4.57 Å². The standard InChI is InChI=1S/C26H28N4O2/c31-26-27-24-10-4-5-11-25(24)30(26)22-14-17-29(18-15-22)16-6-9-23-19-21(28-32-23)13-12-20-7-2-1-3-8-20/h1-5,7-8,10-13,19,22H,6,9,14-18H2,(H,27,31). The lowest BCUT2D eigenvalue weighted by Gasteiger charge is -2.32. The van der Waals surface area contributed by atoms with E-state index < -0.39 is 0 Å². The van der Waals surface area contributed by atoms with Gasteiger partial charge >= 0.3 is 5.69 Å². The van der Waals surface area contributed by atoms with E-state index in [9.17, 15) is 4.79 Å². The number of benzene rings is 2. The molecule has 0 amide bonds. The molecule has 3 heterocycles. The Bertz CT molecular complexity index is 1240. The van der Waals surface area contributed by atoms with Crippen molar-refractivity contribution in [1.29, 1.82) is 0 Å². The van der Waals surface area contributed by atoms with Crippen molar-refractivity contribution in [3.63, 3.8) is 0 Å². The Kier molecular flexibility index (Phi) is 6.03. The van der Waals surface area contributed by atoms with E-state index >= 15 is 0 Å². The Morgan fingerprint density at radius 2 is 1.81 bits per heavy atom. The number of nitrogens with zero attached hydrogens (tertiary/aromatic N) is 3. The predicted octanol–water partition coefficient (Wildman–Crippen LogP) is 4.76. The van der Waals surface area contributed by atoms with Gasteiger partial charge in [-0.1, -0.05) is 53.7 Å². The first-order valence-electron chi connectivity index (χ1n) is 11.4. The number of fused-ring (bicyclic) bond motifs is 1. The third kappa shape index (κ3) is 4.60. The minimum absolute atomic E-state index is 0.00656. The summed E-state index contributed by atoms with van der Waals surface area (Å²) in [5.41, 5.74) is 3.94. The van der Waals surface area contributed by atoms with E-state index in [1.165, 1.54) is 0 Å². The van der Waals surface area contributed by atoms with E-state index in [1.54, 1.807) is 0 Å². The average molecular weight is 429 g/mol. The summed E-state index contributed by atoms with van der Waals surface area (Å²) in [4.78, 5) is 17.9. The van der Waals surface area contributed by atoms with Crippen molar-refractivity contribution in [2.45, 2.75) is 31.7 Å². The number of aryl methyl sites for hydroxylation is 1. The van der Waals surface area contributed by atoms with Crippen molar-refractivity contribution in [1.82, 2.24) is 19.6 Å². The molecular formula is C26H28N4O2. The van der Waals surface area contributed by atoms with Crippen LogP contribution in [-0.2, 0) is 6.42 Å². The second kappa shape index (κ2) is 9.40. The molecule has 164 valence electrons. The maximum Gasteiger partial charge on any atom is 0.326 e. The van der Waals surface area contributed by atoms with Gasteiger partial charge in [0.15, 0.2) is 0 Å². The SMILES string of the molecule is O=c1[nH]c2ccccc2n1C1CCN(CCCc2cc(C=Cc3ccccc3)no2)CC1. The molecule has 6 nitrogen and oxygen atoms in total. The minimum atomic E-state index is 0.00656. The van der Waals surface area contributed by atoms with Gasteiger partial charge in [0.25, 0.3) is 0 Å². The minimum Gasteiger partial charge on any atom is -0.361 e. The zero-order chi connectivity index (χ0) is 21.8. The third-order valence-corrected chi connectivity index (χ3v) is 6.27. The molecule has 0 unspecified atom stereocenters. The van der Waals surface area contributed by atoms with Gasteiger partial charge in [0.2, 0.25) is 0 Å². The lowest BCUT2D eigenvalue weighted by atomic mass is 10.0. The number of likely N-dealkylation sites (tertiary alicyclic amines) is 1. The number of imidazole rings is 1. The molecule has 2 aromatic carbocycles. The molecule has 0 spiro atoms. The van der Waals surface area contributed by atoms with Crippen LogP contribution in [0.5, 0.6) is 0 Å². The molecule has 1 fully saturated rings. The molecule has 6 heteroatoms. The Morgan fingerprint density at radius 1 is 1.03 bits per heavy atom. The molecule has 0 bridgehead atoms. The molecule has 1 aliphatic rings. The van der Waals surface area contributed by atoms with Gasteiger partial charge in [0, 0.05) is 31.6 Å². The quantitative estimate of drug-likeness (QED) is 0.461. The van der Waals surface area contributed by atoms with Crippen LogP contribution in [0.3, 0.4) is 0 Å². The van der Waals surface area contributed by atoms with Crippen molar-refractivity contribution in [2.24, 2.45) is 0 Å². The van der Waals surface area contributed by atoms with Crippen LogP contribution in [-0.4, -0.2) is 39.2 Å². The Labute approximate surface area is 187 Å². The second-order valence-electron chi connectivity index (χ2n) is 8.46. The van der Waals surface area contributed by atoms with Gasteiger partial charge in [-0.05, 0) is 49.6 Å². The van der Waals surface area contributed by atoms with Crippen molar-refractivity contribution < 1.29 is 4.52 Å². The molecule has 1 N–H and O–H groups in total. The fourth-order valence-electron chi connectivity index (χ4n) is 4.59. The van der Waals surface area contributed by atoms with Gasteiger partial charge in [-0.15, -0.1) is 0 Å². The third-order valence-electron chi connectivity index (χ3n) is 6.27. The van der Waals surface area contributed by atoms with E-state index in [1.807, 2.05) is 65.3 Å². The number of H-pyrrole nitrogens is 1. The summed E-state index contributed by atoms with van der Waals surface area (Å²) in [5, 5.41) is 4.16. The van der Waals surface area contributed by atoms with Crippen LogP contribution in [0.1, 0.15) is 42.3 Å². The van der Waals surface area contributed by atoms with E-state index in [4.69, 9.17) is 4.52 Å². The van der Waals surface area contributed by atoms with Crippen molar-refractivity contribution in [2.75, 3.05) is 19.6 Å². The smallest absolute Gasteiger partial charge is 0.326 e. The first kappa shape index (κ1) is 20.5. The van der Waals surface area contributed by atoms with Crippen molar-refractivity contribution in [3.05, 3.63) is 88.2 Å². The van der Waals surface area contributed by atoms with Crippen LogP contribution in [0.4, 0.5) is 0 Å². The van der Waals surface area contributed by atoms with Crippen molar-refractivity contribution >= 4 is 23.2 Å².